The van der Waals surface area contributed by atoms with Gasteiger partial charge in [-0.15, -0.1) is 12.4 Å². The Kier molecular flexibility index (Phi) is 6.29. The standard InChI is InChI=1S/C21H21Cl2N2.ClH/c22-18-9-5-16(6-10-18)14-24-15-20(17-7-11-19(23)12-8-17)25-13-3-1-2-4-21(24)25;/h5-12,15H,1-4,13-14H2;1H/q+1;. The highest BCUT2D eigenvalue weighted by molar-refractivity contribution is 6.30. The molecule has 26 heavy (non-hydrogen) atoms. The van der Waals surface area contributed by atoms with E-state index >= 15 is 0 Å². The molecular formula is C21H22Cl3N2+. The first-order chi connectivity index (χ1) is 12.2. The first-order valence-corrected chi connectivity index (χ1v) is 9.58. The predicted octanol–water partition coefficient (Wildman–Crippen LogP) is 5.95. The van der Waals surface area contributed by atoms with Gasteiger partial charge >= 0.3 is 0 Å². The number of aromatic nitrogens is 2. The van der Waals surface area contributed by atoms with E-state index in [1.54, 1.807) is 0 Å². The van der Waals surface area contributed by atoms with Gasteiger partial charge in [-0.3, -0.25) is 0 Å². The Labute approximate surface area is 170 Å². The maximum absolute atomic E-state index is 6.07. The summed E-state index contributed by atoms with van der Waals surface area (Å²) in [6.45, 7) is 1.96. The molecule has 0 atom stereocenters. The highest BCUT2D eigenvalue weighted by Crippen LogP contribution is 2.25. The van der Waals surface area contributed by atoms with E-state index in [-0.39, 0.29) is 12.4 Å². The first kappa shape index (κ1) is 19.3. The fourth-order valence-electron chi connectivity index (χ4n) is 3.62. The van der Waals surface area contributed by atoms with E-state index in [9.17, 15) is 0 Å². The third-order valence-electron chi connectivity index (χ3n) is 4.90. The Morgan fingerprint density at radius 3 is 2.19 bits per heavy atom. The SMILES string of the molecule is Cl.Clc1ccc(C[n+]2cc(-c3ccc(Cl)cc3)n3c2CCCCC3)cc1. The van der Waals surface area contributed by atoms with Gasteiger partial charge in [-0.25, -0.2) is 9.13 Å². The molecule has 1 aliphatic heterocycles. The zero-order valence-electron chi connectivity index (χ0n) is 14.5. The second kappa shape index (κ2) is 8.47. The summed E-state index contributed by atoms with van der Waals surface area (Å²) >= 11 is 12.1. The molecule has 0 amide bonds. The minimum atomic E-state index is 0. The van der Waals surface area contributed by atoms with Gasteiger partial charge < -0.3 is 0 Å². The zero-order chi connectivity index (χ0) is 17.2. The summed E-state index contributed by atoms with van der Waals surface area (Å²) in [5.74, 6) is 1.41. The fourth-order valence-corrected chi connectivity index (χ4v) is 3.87. The molecule has 4 rings (SSSR count). The molecule has 2 heterocycles. The van der Waals surface area contributed by atoms with Crippen LogP contribution in [0.1, 0.15) is 30.7 Å². The Balaban J connectivity index is 0.00000196. The summed E-state index contributed by atoms with van der Waals surface area (Å²) in [6, 6.07) is 16.3. The van der Waals surface area contributed by atoms with Crippen molar-refractivity contribution in [1.29, 1.82) is 0 Å². The maximum atomic E-state index is 6.07. The minimum absolute atomic E-state index is 0. The lowest BCUT2D eigenvalue weighted by molar-refractivity contribution is -0.695. The van der Waals surface area contributed by atoms with E-state index in [2.05, 4.69) is 39.6 Å². The summed E-state index contributed by atoms with van der Waals surface area (Å²) in [7, 11) is 0. The zero-order valence-corrected chi connectivity index (χ0v) is 16.8. The van der Waals surface area contributed by atoms with Crippen LogP contribution in [-0.4, -0.2) is 4.57 Å². The van der Waals surface area contributed by atoms with E-state index in [1.165, 1.54) is 41.9 Å². The van der Waals surface area contributed by atoms with Crippen LogP contribution < -0.4 is 4.57 Å². The van der Waals surface area contributed by atoms with Crippen LogP contribution in [0.3, 0.4) is 0 Å². The molecule has 5 heteroatoms. The van der Waals surface area contributed by atoms with E-state index in [0.29, 0.717) is 0 Å². The molecule has 0 fully saturated rings. The highest BCUT2D eigenvalue weighted by atomic mass is 35.5. The summed E-state index contributed by atoms with van der Waals surface area (Å²) in [4.78, 5) is 0. The smallest absolute Gasteiger partial charge is 0.229 e. The molecule has 2 nitrogen and oxygen atoms in total. The van der Waals surface area contributed by atoms with E-state index < -0.39 is 0 Å². The third-order valence-corrected chi connectivity index (χ3v) is 5.40. The quantitative estimate of drug-likeness (QED) is 0.474. The van der Waals surface area contributed by atoms with Crippen molar-refractivity contribution < 1.29 is 4.57 Å². The molecule has 0 radical (unpaired) electrons. The maximum Gasteiger partial charge on any atom is 0.257 e. The summed E-state index contributed by atoms with van der Waals surface area (Å²) in [5, 5.41) is 1.56. The van der Waals surface area contributed by atoms with Crippen LogP contribution in [0.2, 0.25) is 10.0 Å². The van der Waals surface area contributed by atoms with Gasteiger partial charge in [-0.1, -0.05) is 35.3 Å². The molecule has 0 N–H and O–H groups in total. The summed E-state index contributed by atoms with van der Waals surface area (Å²) < 4.78 is 4.89. The number of rotatable bonds is 3. The van der Waals surface area contributed by atoms with Gasteiger partial charge in [0.1, 0.15) is 12.7 Å². The van der Waals surface area contributed by atoms with Crippen molar-refractivity contribution in [2.24, 2.45) is 0 Å². The lowest BCUT2D eigenvalue weighted by atomic mass is 10.1. The van der Waals surface area contributed by atoms with E-state index in [0.717, 1.165) is 29.6 Å². The van der Waals surface area contributed by atoms with Gasteiger partial charge in [-0.2, -0.15) is 0 Å². The van der Waals surface area contributed by atoms with E-state index in [1.807, 2.05) is 24.3 Å². The van der Waals surface area contributed by atoms with Gasteiger partial charge in [0, 0.05) is 22.0 Å². The molecule has 0 saturated carbocycles. The average molecular weight is 409 g/mol. The molecule has 3 aromatic rings. The summed E-state index contributed by atoms with van der Waals surface area (Å²) in [5.41, 5.74) is 3.78. The third kappa shape index (κ3) is 4.09. The molecule has 136 valence electrons. The average Bonchev–Trinajstić information content (AvgIpc) is 2.80. The number of fused-ring (bicyclic) bond motifs is 1. The molecule has 0 spiro atoms. The Bertz CT molecular complexity index is 868. The van der Waals surface area contributed by atoms with Crippen molar-refractivity contribution >= 4 is 35.6 Å². The van der Waals surface area contributed by atoms with Crippen molar-refractivity contribution in [2.75, 3.05) is 0 Å². The highest BCUT2D eigenvalue weighted by Gasteiger charge is 2.25. The molecular weight excluding hydrogens is 387 g/mol. The predicted molar refractivity (Wildman–Crippen MR) is 110 cm³/mol. The lowest BCUT2D eigenvalue weighted by Gasteiger charge is -2.03. The van der Waals surface area contributed by atoms with E-state index in [4.69, 9.17) is 23.2 Å². The Morgan fingerprint density at radius 1 is 0.846 bits per heavy atom. The molecule has 1 aliphatic rings. The van der Waals surface area contributed by atoms with Gasteiger partial charge in [0.25, 0.3) is 5.82 Å². The van der Waals surface area contributed by atoms with Crippen LogP contribution >= 0.6 is 35.6 Å². The second-order valence-corrected chi connectivity index (χ2v) is 7.53. The molecule has 1 aromatic heterocycles. The van der Waals surface area contributed by atoms with Crippen LogP contribution in [0.5, 0.6) is 0 Å². The van der Waals surface area contributed by atoms with Crippen LogP contribution in [0.15, 0.2) is 54.7 Å². The molecule has 0 unspecified atom stereocenters. The largest absolute Gasteiger partial charge is 0.257 e. The second-order valence-electron chi connectivity index (χ2n) is 6.65. The number of halogens is 3. The molecule has 0 saturated heterocycles. The molecule has 0 aliphatic carbocycles. The van der Waals surface area contributed by atoms with Gasteiger partial charge in [-0.05, 0) is 61.2 Å². The minimum Gasteiger partial charge on any atom is -0.229 e. The number of hydrogen-bond donors (Lipinski definition) is 0. The van der Waals surface area contributed by atoms with Crippen LogP contribution in [0.4, 0.5) is 0 Å². The van der Waals surface area contributed by atoms with Crippen LogP contribution in [0.25, 0.3) is 11.3 Å². The topological polar surface area (TPSA) is 8.81 Å². The number of benzene rings is 2. The molecule has 2 aromatic carbocycles. The Hall–Kier alpha value is -1.48. The lowest BCUT2D eigenvalue weighted by Crippen LogP contribution is -2.37. The normalized spacial score (nSPS) is 13.6. The van der Waals surface area contributed by atoms with Crippen molar-refractivity contribution in [1.82, 2.24) is 4.57 Å². The summed E-state index contributed by atoms with van der Waals surface area (Å²) in [6.07, 6.45) is 7.20. The number of nitrogens with zero attached hydrogens (tertiary/aromatic N) is 2. The van der Waals surface area contributed by atoms with Gasteiger partial charge in [0.05, 0.1) is 6.54 Å². The van der Waals surface area contributed by atoms with Crippen molar-refractivity contribution in [3.63, 3.8) is 0 Å². The number of hydrogen-bond acceptors (Lipinski definition) is 0. The molecule has 0 bridgehead atoms. The van der Waals surface area contributed by atoms with Crippen LogP contribution in [-0.2, 0) is 19.5 Å². The van der Waals surface area contributed by atoms with Crippen molar-refractivity contribution in [3.05, 3.63) is 76.2 Å². The Morgan fingerprint density at radius 2 is 1.50 bits per heavy atom. The monoisotopic (exact) mass is 407 g/mol. The van der Waals surface area contributed by atoms with Crippen molar-refractivity contribution in [3.8, 4) is 11.3 Å². The van der Waals surface area contributed by atoms with Crippen LogP contribution in [0, 0.1) is 0 Å². The first-order valence-electron chi connectivity index (χ1n) is 8.83. The number of imidazole rings is 1. The van der Waals surface area contributed by atoms with Gasteiger partial charge in [0.15, 0.2) is 5.69 Å². The van der Waals surface area contributed by atoms with Crippen molar-refractivity contribution in [2.45, 2.75) is 38.8 Å². The van der Waals surface area contributed by atoms with Gasteiger partial charge in [0.2, 0.25) is 0 Å². The fraction of sp³-hybridized carbons (Fsp3) is 0.286.